The van der Waals surface area contributed by atoms with Crippen LogP contribution in [0.25, 0.3) is 0 Å². The van der Waals surface area contributed by atoms with Crippen molar-refractivity contribution >= 4 is 11.6 Å². The van der Waals surface area contributed by atoms with E-state index in [9.17, 15) is 0 Å². The van der Waals surface area contributed by atoms with Gasteiger partial charge in [-0.15, -0.1) is 16.7 Å². The Labute approximate surface area is 82.8 Å². The molecule has 0 amide bonds. The van der Waals surface area contributed by atoms with Crippen molar-refractivity contribution in [3.63, 3.8) is 0 Å². The first-order chi connectivity index (χ1) is 6.29. The largest absolute Gasteiger partial charge is 0.385 e. The van der Waals surface area contributed by atoms with E-state index in [1.54, 1.807) is 7.11 Å². The van der Waals surface area contributed by atoms with E-state index >= 15 is 0 Å². The second-order valence-corrected chi connectivity index (χ2v) is 3.09. The van der Waals surface area contributed by atoms with E-state index < -0.39 is 0 Å². The number of hydrogen-bond donors (Lipinski definition) is 0. The fraction of sp³-hybridized carbons (Fsp3) is 0.750. The van der Waals surface area contributed by atoms with Crippen molar-refractivity contribution < 1.29 is 4.74 Å². The summed E-state index contributed by atoms with van der Waals surface area (Å²) in [7, 11) is 1.69. The van der Waals surface area contributed by atoms with Gasteiger partial charge in [0, 0.05) is 20.3 Å². The van der Waals surface area contributed by atoms with Crippen LogP contribution in [0.15, 0.2) is 0 Å². The summed E-state index contributed by atoms with van der Waals surface area (Å²) in [5.41, 5.74) is 1.91. The molecule has 0 bridgehead atoms. The molecular formula is C8H14ClN3O. The van der Waals surface area contributed by atoms with Crippen LogP contribution in [0.3, 0.4) is 0 Å². The highest BCUT2D eigenvalue weighted by molar-refractivity contribution is 6.16. The summed E-state index contributed by atoms with van der Waals surface area (Å²) < 4.78 is 6.81. The van der Waals surface area contributed by atoms with E-state index in [0.717, 1.165) is 31.0 Å². The van der Waals surface area contributed by atoms with Crippen LogP contribution in [0.5, 0.6) is 0 Å². The second kappa shape index (κ2) is 5.19. The van der Waals surface area contributed by atoms with E-state index in [1.807, 2.05) is 11.6 Å². The molecule has 0 radical (unpaired) electrons. The van der Waals surface area contributed by atoms with Gasteiger partial charge in [-0.3, -0.25) is 0 Å². The van der Waals surface area contributed by atoms with Gasteiger partial charge in [0.1, 0.15) is 5.69 Å². The molecule has 0 spiro atoms. The van der Waals surface area contributed by atoms with Crippen molar-refractivity contribution in [3.8, 4) is 0 Å². The Morgan fingerprint density at radius 2 is 2.31 bits per heavy atom. The Balaban J connectivity index is 2.51. The lowest BCUT2D eigenvalue weighted by molar-refractivity contribution is 0.188. The minimum Gasteiger partial charge on any atom is -0.385 e. The first kappa shape index (κ1) is 10.5. The molecule has 0 aromatic carbocycles. The zero-order valence-corrected chi connectivity index (χ0v) is 8.71. The van der Waals surface area contributed by atoms with Gasteiger partial charge in [0.05, 0.1) is 11.6 Å². The maximum absolute atomic E-state index is 5.67. The average Bonchev–Trinajstić information content (AvgIpc) is 2.48. The smallest absolute Gasteiger partial charge is 0.100 e. The van der Waals surface area contributed by atoms with Crippen molar-refractivity contribution in [1.29, 1.82) is 0 Å². The van der Waals surface area contributed by atoms with Gasteiger partial charge < -0.3 is 4.74 Å². The van der Waals surface area contributed by atoms with Crippen molar-refractivity contribution in [2.75, 3.05) is 13.7 Å². The van der Waals surface area contributed by atoms with E-state index in [2.05, 4.69) is 10.3 Å². The molecule has 74 valence electrons. The number of rotatable bonds is 5. The van der Waals surface area contributed by atoms with Crippen LogP contribution >= 0.6 is 11.6 Å². The molecule has 0 fully saturated rings. The lowest BCUT2D eigenvalue weighted by atomic mass is 10.3. The summed E-state index contributed by atoms with van der Waals surface area (Å²) in [5.74, 6) is 0.427. The number of ether oxygens (including phenoxy) is 1. The Kier molecular flexibility index (Phi) is 4.18. The number of hydrogen-bond acceptors (Lipinski definition) is 3. The van der Waals surface area contributed by atoms with Crippen LogP contribution in [-0.2, 0) is 17.2 Å². The SMILES string of the molecule is COCCCn1nnc(CCl)c1C. The van der Waals surface area contributed by atoms with Crippen molar-refractivity contribution in [2.45, 2.75) is 25.8 Å². The molecule has 1 heterocycles. The van der Waals surface area contributed by atoms with Crippen LogP contribution < -0.4 is 0 Å². The Morgan fingerprint density at radius 1 is 1.54 bits per heavy atom. The minimum atomic E-state index is 0.427. The van der Waals surface area contributed by atoms with E-state index in [4.69, 9.17) is 16.3 Å². The number of nitrogens with zero attached hydrogens (tertiary/aromatic N) is 3. The fourth-order valence-electron chi connectivity index (χ4n) is 1.09. The predicted molar refractivity (Wildman–Crippen MR) is 50.8 cm³/mol. The van der Waals surface area contributed by atoms with Crippen molar-refractivity contribution in [3.05, 3.63) is 11.4 Å². The summed E-state index contributed by atoms with van der Waals surface area (Å²) in [6, 6.07) is 0. The quantitative estimate of drug-likeness (QED) is 0.536. The van der Waals surface area contributed by atoms with Gasteiger partial charge in [-0.2, -0.15) is 0 Å². The number of methoxy groups -OCH3 is 1. The molecule has 0 aliphatic carbocycles. The monoisotopic (exact) mass is 203 g/mol. The molecule has 0 atom stereocenters. The Hall–Kier alpha value is -0.610. The molecule has 1 rings (SSSR count). The van der Waals surface area contributed by atoms with Gasteiger partial charge in [0.25, 0.3) is 0 Å². The molecule has 5 heteroatoms. The highest BCUT2D eigenvalue weighted by Crippen LogP contribution is 2.06. The summed E-state index contributed by atoms with van der Waals surface area (Å²) in [5, 5.41) is 7.94. The van der Waals surface area contributed by atoms with Crippen molar-refractivity contribution in [1.82, 2.24) is 15.0 Å². The normalized spacial score (nSPS) is 10.7. The second-order valence-electron chi connectivity index (χ2n) is 2.82. The maximum Gasteiger partial charge on any atom is 0.100 e. The Bertz CT molecular complexity index is 262. The number of aromatic nitrogens is 3. The number of halogens is 1. The molecule has 1 aromatic rings. The molecule has 0 saturated carbocycles. The number of alkyl halides is 1. The molecule has 0 N–H and O–H groups in total. The predicted octanol–water partition coefficient (Wildman–Crippen LogP) is 1.36. The summed E-state index contributed by atoms with van der Waals surface area (Å²) >= 11 is 5.67. The van der Waals surface area contributed by atoms with Gasteiger partial charge in [-0.25, -0.2) is 4.68 Å². The van der Waals surface area contributed by atoms with Crippen LogP contribution in [0.2, 0.25) is 0 Å². The topological polar surface area (TPSA) is 39.9 Å². The summed E-state index contributed by atoms with van der Waals surface area (Å²) in [6.07, 6.45) is 0.947. The fourth-order valence-corrected chi connectivity index (χ4v) is 1.34. The van der Waals surface area contributed by atoms with Crippen LogP contribution in [0.4, 0.5) is 0 Å². The van der Waals surface area contributed by atoms with E-state index in [1.165, 1.54) is 0 Å². The molecule has 13 heavy (non-hydrogen) atoms. The zero-order valence-electron chi connectivity index (χ0n) is 7.96. The highest BCUT2D eigenvalue weighted by Gasteiger charge is 2.05. The van der Waals surface area contributed by atoms with E-state index in [0.29, 0.717) is 5.88 Å². The molecule has 0 saturated heterocycles. The third-order valence-electron chi connectivity index (χ3n) is 1.92. The van der Waals surface area contributed by atoms with Gasteiger partial charge >= 0.3 is 0 Å². The minimum absolute atomic E-state index is 0.427. The lowest BCUT2D eigenvalue weighted by Gasteiger charge is -2.02. The third kappa shape index (κ3) is 2.67. The van der Waals surface area contributed by atoms with E-state index in [-0.39, 0.29) is 0 Å². The van der Waals surface area contributed by atoms with Gasteiger partial charge in [0.2, 0.25) is 0 Å². The van der Waals surface area contributed by atoms with Gasteiger partial charge in [0.15, 0.2) is 0 Å². The van der Waals surface area contributed by atoms with Gasteiger partial charge in [-0.1, -0.05) is 5.21 Å². The summed E-state index contributed by atoms with van der Waals surface area (Å²) in [4.78, 5) is 0. The van der Waals surface area contributed by atoms with Crippen LogP contribution in [-0.4, -0.2) is 28.7 Å². The number of aryl methyl sites for hydroxylation is 1. The third-order valence-corrected chi connectivity index (χ3v) is 2.18. The maximum atomic E-state index is 5.67. The van der Waals surface area contributed by atoms with Crippen LogP contribution in [0.1, 0.15) is 17.8 Å². The lowest BCUT2D eigenvalue weighted by Crippen LogP contribution is -2.05. The zero-order chi connectivity index (χ0) is 9.68. The molecule has 4 nitrogen and oxygen atoms in total. The first-order valence-electron chi connectivity index (χ1n) is 4.23. The molecular weight excluding hydrogens is 190 g/mol. The first-order valence-corrected chi connectivity index (χ1v) is 4.77. The molecule has 0 unspecified atom stereocenters. The molecule has 0 aliphatic heterocycles. The Morgan fingerprint density at radius 3 is 2.85 bits per heavy atom. The molecule has 0 aliphatic rings. The van der Waals surface area contributed by atoms with Crippen molar-refractivity contribution in [2.24, 2.45) is 0 Å². The highest BCUT2D eigenvalue weighted by atomic mass is 35.5. The summed E-state index contributed by atoms with van der Waals surface area (Å²) in [6.45, 7) is 3.56. The van der Waals surface area contributed by atoms with Crippen LogP contribution in [0, 0.1) is 6.92 Å². The average molecular weight is 204 g/mol. The molecule has 1 aromatic heterocycles. The van der Waals surface area contributed by atoms with Gasteiger partial charge in [-0.05, 0) is 13.3 Å². The standard InChI is InChI=1S/C8H14ClN3O/c1-7-8(6-9)10-11-12(7)4-3-5-13-2/h3-6H2,1-2H3.